The van der Waals surface area contributed by atoms with Crippen LogP contribution in [0.2, 0.25) is 0 Å². The van der Waals surface area contributed by atoms with Crippen molar-refractivity contribution in [3.8, 4) is 0 Å². The molecule has 2 rings (SSSR count). The van der Waals surface area contributed by atoms with Crippen molar-refractivity contribution in [2.75, 3.05) is 5.88 Å². The predicted octanol–water partition coefficient (Wildman–Crippen LogP) is 2.39. The van der Waals surface area contributed by atoms with Crippen LogP contribution < -0.4 is 0 Å². The average Bonchev–Trinajstić information content (AvgIpc) is 2.59. The summed E-state index contributed by atoms with van der Waals surface area (Å²) >= 11 is 5.32. The molecule has 3 nitrogen and oxygen atoms in total. The van der Waals surface area contributed by atoms with Gasteiger partial charge in [0.2, 0.25) is 5.78 Å². The zero-order valence-corrected chi connectivity index (χ0v) is 7.71. The van der Waals surface area contributed by atoms with Crippen LogP contribution in [-0.2, 0) is 0 Å². The lowest BCUT2D eigenvalue weighted by molar-refractivity contribution is 0.0986. The Hall–Kier alpha value is -1.42. The third kappa shape index (κ3) is 1.48. The van der Waals surface area contributed by atoms with Crippen molar-refractivity contribution < 1.29 is 13.6 Å². The maximum absolute atomic E-state index is 12.7. The molecular weight excluding hydrogens is 209 g/mol. The zero-order chi connectivity index (χ0) is 10.1. The molecule has 0 spiro atoms. The van der Waals surface area contributed by atoms with E-state index in [1.807, 2.05) is 0 Å². The van der Waals surface area contributed by atoms with Crippen LogP contribution in [0, 0.1) is 5.82 Å². The number of benzene rings is 1. The number of carbonyl (C=O) groups excluding carboxylic acids is 1. The molecule has 2 aromatic rings. The average molecular weight is 214 g/mol. The summed E-state index contributed by atoms with van der Waals surface area (Å²) < 4.78 is 17.8. The van der Waals surface area contributed by atoms with E-state index in [-0.39, 0.29) is 11.8 Å². The predicted molar refractivity (Wildman–Crippen MR) is 49.0 cm³/mol. The fourth-order valence-electron chi connectivity index (χ4n) is 1.08. The summed E-state index contributed by atoms with van der Waals surface area (Å²) in [5.74, 6) is -1.12. The molecule has 72 valence electrons. The van der Waals surface area contributed by atoms with Gasteiger partial charge in [-0.1, -0.05) is 0 Å². The Morgan fingerprint density at radius 1 is 1.57 bits per heavy atom. The Morgan fingerprint density at radius 2 is 2.36 bits per heavy atom. The van der Waals surface area contributed by atoms with Crippen molar-refractivity contribution in [1.29, 1.82) is 0 Å². The first-order valence-corrected chi connectivity index (χ1v) is 4.39. The number of alkyl halides is 1. The molecule has 0 unspecified atom stereocenters. The monoisotopic (exact) mass is 213 g/mol. The number of hydrogen-bond acceptors (Lipinski definition) is 3. The highest BCUT2D eigenvalue weighted by molar-refractivity contribution is 6.29. The molecule has 0 aliphatic carbocycles. The molecule has 0 atom stereocenters. The lowest BCUT2D eigenvalue weighted by atomic mass is 10.3. The SMILES string of the molecule is O=C(CCl)c1nc2cc(F)ccc2o1. The summed E-state index contributed by atoms with van der Waals surface area (Å²) in [6.07, 6.45) is 0. The maximum Gasteiger partial charge on any atom is 0.265 e. The van der Waals surface area contributed by atoms with E-state index >= 15 is 0 Å². The first kappa shape index (κ1) is 9.15. The van der Waals surface area contributed by atoms with Crippen LogP contribution in [0.5, 0.6) is 0 Å². The van der Waals surface area contributed by atoms with E-state index in [9.17, 15) is 9.18 Å². The third-order valence-electron chi connectivity index (χ3n) is 1.71. The number of hydrogen-bond donors (Lipinski definition) is 0. The van der Waals surface area contributed by atoms with E-state index in [4.69, 9.17) is 16.0 Å². The van der Waals surface area contributed by atoms with Gasteiger partial charge in [-0.3, -0.25) is 4.79 Å². The van der Waals surface area contributed by atoms with Crippen molar-refractivity contribution in [3.63, 3.8) is 0 Å². The van der Waals surface area contributed by atoms with Gasteiger partial charge in [0.15, 0.2) is 5.58 Å². The topological polar surface area (TPSA) is 43.1 Å². The number of Topliss-reactive ketones (excluding diaryl/α,β-unsaturated/α-hetero) is 1. The van der Waals surface area contributed by atoms with E-state index in [1.165, 1.54) is 18.2 Å². The summed E-state index contributed by atoms with van der Waals surface area (Å²) in [4.78, 5) is 14.9. The second-order valence-electron chi connectivity index (χ2n) is 2.69. The van der Waals surface area contributed by atoms with Gasteiger partial charge in [0, 0.05) is 6.07 Å². The number of halogens is 2. The van der Waals surface area contributed by atoms with Gasteiger partial charge in [0.1, 0.15) is 11.3 Å². The summed E-state index contributed by atoms with van der Waals surface area (Å²) in [5.41, 5.74) is 0.693. The number of carbonyl (C=O) groups is 1. The number of aromatic nitrogens is 1. The summed E-state index contributed by atoms with van der Waals surface area (Å²) in [5, 5.41) is 0. The Balaban J connectivity index is 2.56. The smallest absolute Gasteiger partial charge is 0.265 e. The molecule has 0 saturated carbocycles. The molecular formula is C9H5ClFNO2. The standard InChI is InChI=1S/C9H5ClFNO2/c10-4-7(13)9-12-6-3-5(11)1-2-8(6)14-9/h1-3H,4H2. The summed E-state index contributed by atoms with van der Waals surface area (Å²) in [6.45, 7) is 0. The second-order valence-corrected chi connectivity index (χ2v) is 2.96. The van der Waals surface area contributed by atoms with E-state index in [1.54, 1.807) is 0 Å². The zero-order valence-electron chi connectivity index (χ0n) is 6.96. The van der Waals surface area contributed by atoms with Gasteiger partial charge >= 0.3 is 0 Å². The maximum atomic E-state index is 12.7. The molecule has 1 heterocycles. The molecule has 14 heavy (non-hydrogen) atoms. The van der Waals surface area contributed by atoms with Crippen LogP contribution in [0.25, 0.3) is 11.1 Å². The highest BCUT2D eigenvalue weighted by Gasteiger charge is 2.13. The van der Waals surface area contributed by atoms with Gasteiger partial charge in [-0.2, -0.15) is 0 Å². The number of oxazole rings is 1. The van der Waals surface area contributed by atoms with Crippen molar-refractivity contribution in [3.05, 3.63) is 29.9 Å². The van der Waals surface area contributed by atoms with Gasteiger partial charge in [0.25, 0.3) is 5.89 Å². The minimum Gasteiger partial charge on any atom is -0.434 e. The van der Waals surface area contributed by atoms with E-state index in [0.717, 1.165) is 0 Å². The van der Waals surface area contributed by atoms with Gasteiger partial charge in [-0.25, -0.2) is 9.37 Å². The molecule has 0 aliphatic heterocycles. The fraction of sp³-hybridized carbons (Fsp3) is 0.111. The van der Waals surface area contributed by atoms with Gasteiger partial charge in [-0.05, 0) is 12.1 Å². The van der Waals surface area contributed by atoms with E-state index in [2.05, 4.69) is 4.98 Å². The molecule has 0 N–H and O–H groups in total. The van der Waals surface area contributed by atoms with Crippen molar-refractivity contribution >= 4 is 28.5 Å². The lowest BCUT2D eigenvalue weighted by Crippen LogP contribution is -1.99. The lowest BCUT2D eigenvalue weighted by Gasteiger charge is -1.85. The number of rotatable bonds is 2. The van der Waals surface area contributed by atoms with Gasteiger partial charge in [-0.15, -0.1) is 11.6 Å². The van der Waals surface area contributed by atoms with Gasteiger partial charge in [0.05, 0.1) is 5.88 Å². The van der Waals surface area contributed by atoms with Crippen LogP contribution in [0.15, 0.2) is 22.6 Å². The van der Waals surface area contributed by atoms with Crippen LogP contribution >= 0.6 is 11.6 Å². The molecule has 0 amide bonds. The van der Waals surface area contributed by atoms with Crippen molar-refractivity contribution in [2.24, 2.45) is 0 Å². The van der Waals surface area contributed by atoms with E-state index < -0.39 is 11.6 Å². The number of nitrogens with zero attached hydrogens (tertiary/aromatic N) is 1. The van der Waals surface area contributed by atoms with Crippen LogP contribution in [0.4, 0.5) is 4.39 Å². The molecule has 0 saturated heterocycles. The molecule has 0 radical (unpaired) electrons. The Morgan fingerprint density at radius 3 is 3.07 bits per heavy atom. The minimum atomic E-state index is -0.421. The van der Waals surface area contributed by atoms with E-state index in [0.29, 0.717) is 11.1 Å². The Kier molecular flexibility index (Phi) is 2.21. The molecule has 0 aliphatic rings. The fourth-order valence-corrected chi connectivity index (χ4v) is 1.19. The Bertz CT molecular complexity index is 495. The highest BCUT2D eigenvalue weighted by atomic mass is 35.5. The van der Waals surface area contributed by atoms with Crippen LogP contribution in [0.1, 0.15) is 10.7 Å². The minimum absolute atomic E-state index is 0.0828. The first-order valence-electron chi connectivity index (χ1n) is 3.86. The second kappa shape index (κ2) is 3.38. The molecule has 0 fully saturated rings. The molecule has 5 heteroatoms. The van der Waals surface area contributed by atoms with Crippen LogP contribution in [-0.4, -0.2) is 16.6 Å². The van der Waals surface area contributed by atoms with Crippen molar-refractivity contribution in [2.45, 2.75) is 0 Å². The summed E-state index contributed by atoms with van der Waals surface area (Å²) in [6, 6.07) is 3.86. The first-order chi connectivity index (χ1) is 6.70. The molecule has 1 aromatic heterocycles. The van der Waals surface area contributed by atoms with Crippen LogP contribution in [0.3, 0.4) is 0 Å². The summed E-state index contributed by atoms with van der Waals surface area (Å²) in [7, 11) is 0. The quantitative estimate of drug-likeness (QED) is 0.568. The van der Waals surface area contributed by atoms with Gasteiger partial charge < -0.3 is 4.42 Å². The highest BCUT2D eigenvalue weighted by Crippen LogP contribution is 2.16. The molecule has 0 bridgehead atoms. The third-order valence-corrected chi connectivity index (χ3v) is 1.95. The number of fused-ring (bicyclic) bond motifs is 1. The number of ketones is 1. The Labute approximate surface area is 83.5 Å². The normalized spacial score (nSPS) is 10.7. The van der Waals surface area contributed by atoms with Crippen molar-refractivity contribution in [1.82, 2.24) is 4.98 Å². The largest absolute Gasteiger partial charge is 0.434 e. The molecule has 1 aromatic carbocycles.